The smallest absolute Gasteiger partial charge is 0.242 e. The molecule has 0 aromatic heterocycles. The Morgan fingerprint density at radius 2 is 2.00 bits per heavy atom. The maximum absolute atomic E-state index is 11.7. The summed E-state index contributed by atoms with van der Waals surface area (Å²) in [4.78, 5) is 23.1. The van der Waals surface area contributed by atoms with Gasteiger partial charge in [0.2, 0.25) is 11.8 Å². The number of ether oxygens (including phenoxy) is 1. The Bertz CT molecular complexity index is 288. The Morgan fingerprint density at radius 1 is 1.32 bits per heavy atom. The van der Waals surface area contributed by atoms with Crippen LogP contribution in [0.25, 0.3) is 0 Å². The van der Waals surface area contributed by atoms with Gasteiger partial charge in [0, 0.05) is 26.7 Å². The summed E-state index contributed by atoms with van der Waals surface area (Å²) in [6, 6.07) is -0.391. The lowest BCUT2D eigenvalue weighted by Gasteiger charge is -2.23. The molecule has 2 amide bonds. The molecule has 1 aliphatic heterocycles. The van der Waals surface area contributed by atoms with E-state index in [1.54, 1.807) is 14.0 Å². The number of carbonyl (C=O) groups is 2. The molecule has 0 aromatic rings. The van der Waals surface area contributed by atoms with Gasteiger partial charge in [0.05, 0.1) is 0 Å². The van der Waals surface area contributed by atoms with Crippen LogP contribution in [-0.2, 0) is 14.3 Å². The molecule has 0 spiro atoms. The summed E-state index contributed by atoms with van der Waals surface area (Å²) >= 11 is 0. The molecule has 0 saturated carbocycles. The van der Waals surface area contributed by atoms with E-state index < -0.39 is 6.04 Å². The van der Waals surface area contributed by atoms with Crippen molar-refractivity contribution in [2.45, 2.75) is 51.5 Å². The highest BCUT2D eigenvalue weighted by molar-refractivity contribution is 5.87. The van der Waals surface area contributed by atoms with Gasteiger partial charge in [-0.2, -0.15) is 0 Å². The van der Waals surface area contributed by atoms with Crippen LogP contribution in [-0.4, -0.2) is 38.1 Å². The van der Waals surface area contributed by atoms with Crippen LogP contribution in [0.5, 0.6) is 0 Å². The number of hydrogen-bond donors (Lipinski definition) is 2. The fourth-order valence-electron chi connectivity index (χ4n) is 2.39. The van der Waals surface area contributed by atoms with E-state index in [-0.39, 0.29) is 11.8 Å². The summed E-state index contributed by atoms with van der Waals surface area (Å²) in [5.41, 5.74) is 0. The number of hydrogen-bond acceptors (Lipinski definition) is 3. The van der Waals surface area contributed by atoms with Crippen molar-refractivity contribution in [3.05, 3.63) is 0 Å². The summed E-state index contributed by atoms with van der Waals surface area (Å²) in [5, 5.41) is 5.39. The summed E-state index contributed by atoms with van der Waals surface area (Å²) in [6.07, 6.45) is 5.43. The topological polar surface area (TPSA) is 67.4 Å². The second kappa shape index (κ2) is 8.91. The lowest BCUT2D eigenvalue weighted by molar-refractivity contribution is -0.128. The van der Waals surface area contributed by atoms with Crippen LogP contribution < -0.4 is 10.6 Å². The van der Waals surface area contributed by atoms with Crippen LogP contribution in [0.4, 0.5) is 0 Å². The molecule has 0 aliphatic carbocycles. The average molecular weight is 270 g/mol. The lowest BCUT2D eigenvalue weighted by atomic mass is 9.93. The Labute approximate surface area is 115 Å². The molecule has 1 atom stereocenters. The maximum Gasteiger partial charge on any atom is 0.242 e. The van der Waals surface area contributed by atoms with Crippen LogP contribution in [0.3, 0.4) is 0 Å². The third kappa shape index (κ3) is 6.05. The quantitative estimate of drug-likeness (QED) is 0.731. The zero-order chi connectivity index (χ0) is 14.1. The average Bonchev–Trinajstić information content (AvgIpc) is 2.46. The van der Waals surface area contributed by atoms with Crippen molar-refractivity contribution < 1.29 is 14.3 Å². The van der Waals surface area contributed by atoms with E-state index in [0.717, 1.165) is 38.9 Å². The van der Waals surface area contributed by atoms with Crippen LogP contribution in [0.2, 0.25) is 0 Å². The fraction of sp³-hybridized carbons (Fsp3) is 0.857. The van der Waals surface area contributed by atoms with Gasteiger partial charge < -0.3 is 15.4 Å². The molecule has 5 heteroatoms. The Morgan fingerprint density at radius 3 is 2.58 bits per heavy atom. The number of carbonyl (C=O) groups excluding carboxylic acids is 2. The predicted molar refractivity (Wildman–Crippen MR) is 73.7 cm³/mol. The van der Waals surface area contributed by atoms with Crippen LogP contribution in [0.1, 0.15) is 45.4 Å². The van der Waals surface area contributed by atoms with Crippen molar-refractivity contribution in [1.82, 2.24) is 10.6 Å². The number of amides is 2. The first kappa shape index (κ1) is 16.0. The van der Waals surface area contributed by atoms with Crippen molar-refractivity contribution in [3.63, 3.8) is 0 Å². The Balaban J connectivity index is 2.30. The Hall–Kier alpha value is -1.10. The zero-order valence-corrected chi connectivity index (χ0v) is 12.0. The highest BCUT2D eigenvalue weighted by Crippen LogP contribution is 2.21. The largest absolute Gasteiger partial charge is 0.381 e. The maximum atomic E-state index is 11.7. The number of likely N-dealkylation sites (N-methyl/N-ethyl adjacent to an activating group) is 1. The summed E-state index contributed by atoms with van der Waals surface area (Å²) in [5.74, 6) is 0.536. The van der Waals surface area contributed by atoms with Crippen molar-refractivity contribution in [2.24, 2.45) is 5.92 Å². The second-order valence-corrected chi connectivity index (χ2v) is 5.07. The van der Waals surface area contributed by atoms with Crippen LogP contribution in [0, 0.1) is 5.92 Å². The number of rotatable bonds is 7. The molecule has 0 bridgehead atoms. The van der Waals surface area contributed by atoms with Gasteiger partial charge in [0.15, 0.2) is 0 Å². The minimum Gasteiger partial charge on any atom is -0.381 e. The van der Waals surface area contributed by atoms with Gasteiger partial charge in [-0.3, -0.25) is 9.59 Å². The van der Waals surface area contributed by atoms with E-state index in [1.165, 1.54) is 0 Å². The summed E-state index contributed by atoms with van der Waals surface area (Å²) in [6.45, 7) is 3.50. The predicted octanol–water partition coefficient (Wildman–Crippen LogP) is 1.22. The van der Waals surface area contributed by atoms with E-state index in [1.807, 2.05) is 0 Å². The molecule has 2 N–H and O–H groups in total. The van der Waals surface area contributed by atoms with Crippen molar-refractivity contribution in [1.29, 1.82) is 0 Å². The van der Waals surface area contributed by atoms with E-state index in [2.05, 4.69) is 10.6 Å². The van der Waals surface area contributed by atoms with E-state index >= 15 is 0 Å². The van der Waals surface area contributed by atoms with Gasteiger partial charge in [-0.15, -0.1) is 0 Å². The van der Waals surface area contributed by atoms with Crippen molar-refractivity contribution >= 4 is 11.8 Å². The van der Waals surface area contributed by atoms with Crippen molar-refractivity contribution in [3.8, 4) is 0 Å². The molecule has 5 nitrogen and oxygen atoms in total. The van der Waals surface area contributed by atoms with E-state index in [9.17, 15) is 9.59 Å². The van der Waals surface area contributed by atoms with Gasteiger partial charge >= 0.3 is 0 Å². The molecular formula is C14H26N2O3. The van der Waals surface area contributed by atoms with Gasteiger partial charge in [-0.05, 0) is 25.2 Å². The van der Waals surface area contributed by atoms with Crippen LogP contribution >= 0.6 is 0 Å². The standard InChI is InChI=1S/C14H26N2O3/c1-3-13(17)16-12(14(18)15-2)6-4-5-11-7-9-19-10-8-11/h11-12H,3-10H2,1-2H3,(H,15,18)(H,16,17). The molecule has 110 valence electrons. The van der Waals surface area contributed by atoms with Crippen LogP contribution in [0.15, 0.2) is 0 Å². The molecule has 0 aromatic carbocycles. The lowest BCUT2D eigenvalue weighted by Crippen LogP contribution is -2.45. The fourth-order valence-corrected chi connectivity index (χ4v) is 2.39. The third-order valence-electron chi connectivity index (χ3n) is 3.67. The monoisotopic (exact) mass is 270 g/mol. The molecule has 1 rings (SSSR count). The normalized spacial score (nSPS) is 17.8. The molecule has 1 fully saturated rings. The molecular weight excluding hydrogens is 244 g/mol. The summed E-state index contributed by atoms with van der Waals surface area (Å²) < 4.78 is 5.33. The molecule has 1 heterocycles. The van der Waals surface area contributed by atoms with E-state index in [4.69, 9.17) is 4.74 Å². The van der Waals surface area contributed by atoms with Gasteiger partial charge in [0.1, 0.15) is 6.04 Å². The van der Waals surface area contributed by atoms with Crippen molar-refractivity contribution in [2.75, 3.05) is 20.3 Å². The first-order valence-electron chi connectivity index (χ1n) is 7.26. The number of nitrogens with one attached hydrogen (secondary N) is 2. The minimum atomic E-state index is -0.391. The highest BCUT2D eigenvalue weighted by atomic mass is 16.5. The first-order valence-corrected chi connectivity index (χ1v) is 7.26. The Kier molecular flexibility index (Phi) is 7.48. The molecule has 1 saturated heterocycles. The molecule has 1 unspecified atom stereocenters. The van der Waals surface area contributed by atoms with Gasteiger partial charge in [0.25, 0.3) is 0 Å². The SMILES string of the molecule is CCC(=O)NC(CCCC1CCOCC1)C(=O)NC. The summed E-state index contributed by atoms with van der Waals surface area (Å²) in [7, 11) is 1.60. The molecule has 0 radical (unpaired) electrons. The molecule has 19 heavy (non-hydrogen) atoms. The van der Waals surface area contributed by atoms with Gasteiger partial charge in [-0.1, -0.05) is 19.8 Å². The van der Waals surface area contributed by atoms with E-state index in [0.29, 0.717) is 18.8 Å². The zero-order valence-electron chi connectivity index (χ0n) is 12.0. The molecule has 1 aliphatic rings. The first-order chi connectivity index (χ1) is 9.17. The third-order valence-corrected chi connectivity index (χ3v) is 3.67. The second-order valence-electron chi connectivity index (χ2n) is 5.07. The minimum absolute atomic E-state index is 0.0698. The highest BCUT2D eigenvalue weighted by Gasteiger charge is 2.20. The van der Waals surface area contributed by atoms with Gasteiger partial charge in [-0.25, -0.2) is 0 Å².